The molecule has 0 spiro atoms. The number of carbonyl (C=O) groups is 1. The van der Waals surface area contributed by atoms with Crippen LogP contribution in [0.3, 0.4) is 0 Å². The fourth-order valence-electron chi connectivity index (χ4n) is 2.08. The van der Waals surface area contributed by atoms with Gasteiger partial charge in [0.2, 0.25) is 5.91 Å². The van der Waals surface area contributed by atoms with E-state index in [9.17, 15) is 4.79 Å². The Bertz CT molecular complexity index is 233. The molecule has 1 rings (SSSR count). The molecule has 0 aromatic carbocycles. The molecule has 2 N–H and O–H groups in total. The van der Waals surface area contributed by atoms with Gasteiger partial charge in [0.05, 0.1) is 0 Å². The van der Waals surface area contributed by atoms with Crippen molar-refractivity contribution in [1.82, 2.24) is 10.6 Å². The van der Waals surface area contributed by atoms with E-state index < -0.39 is 0 Å². The monoisotopic (exact) mass is 226 g/mol. The Morgan fingerprint density at radius 1 is 1.31 bits per heavy atom. The zero-order chi connectivity index (χ0) is 12.2. The summed E-state index contributed by atoms with van der Waals surface area (Å²) in [5.41, 5.74) is 0.234. The first kappa shape index (κ1) is 13.5. The summed E-state index contributed by atoms with van der Waals surface area (Å²) in [5, 5.41) is 6.52. The number of carbonyl (C=O) groups excluding carboxylic acids is 1. The second-order valence-electron chi connectivity index (χ2n) is 5.96. The normalized spacial score (nSPS) is 19.0. The van der Waals surface area contributed by atoms with Crippen molar-refractivity contribution >= 4 is 5.91 Å². The maximum Gasteiger partial charge on any atom is 0.221 e. The van der Waals surface area contributed by atoms with E-state index >= 15 is 0 Å². The van der Waals surface area contributed by atoms with E-state index in [0.29, 0.717) is 6.42 Å². The number of hydrogen-bond donors (Lipinski definition) is 2. The first-order valence-corrected chi connectivity index (χ1v) is 6.43. The van der Waals surface area contributed by atoms with Crippen molar-refractivity contribution in [2.24, 2.45) is 0 Å². The predicted octanol–water partition coefficient (Wildman–Crippen LogP) is 2.21. The van der Waals surface area contributed by atoms with Crippen LogP contribution in [0, 0.1) is 0 Å². The van der Waals surface area contributed by atoms with Gasteiger partial charge in [0.1, 0.15) is 0 Å². The van der Waals surface area contributed by atoms with Crippen LogP contribution in [0.25, 0.3) is 0 Å². The molecule has 3 heteroatoms. The molecule has 1 saturated carbocycles. The highest BCUT2D eigenvalue weighted by atomic mass is 16.1. The van der Waals surface area contributed by atoms with Gasteiger partial charge in [0.15, 0.2) is 0 Å². The Morgan fingerprint density at radius 3 is 2.31 bits per heavy atom. The summed E-state index contributed by atoms with van der Waals surface area (Å²) in [5.74, 6) is 0.193. The molecular formula is C13H26N2O. The maximum absolute atomic E-state index is 11.7. The SMILES string of the molecule is CCC1(NC(=O)CCNC(C)(C)C)CCC1. The van der Waals surface area contributed by atoms with E-state index in [1.54, 1.807) is 0 Å². The average molecular weight is 226 g/mol. The summed E-state index contributed by atoms with van der Waals surface area (Å²) in [4.78, 5) is 11.7. The highest BCUT2D eigenvalue weighted by molar-refractivity contribution is 5.77. The lowest BCUT2D eigenvalue weighted by atomic mass is 9.75. The van der Waals surface area contributed by atoms with Crippen LogP contribution in [0.2, 0.25) is 0 Å². The van der Waals surface area contributed by atoms with E-state index in [4.69, 9.17) is 0 Å². The van der Waals surface area contributed by atoms with Gasteiger partial charge in [-0.25, -0.2) is 0 Å². The zero-order valence-corrected chi connectivity index (χ0v) is 11.2. The van der Waals surface area contributed by atoms with Crippen molar-refractivity contribution in [1.29, 1.82) is 0 Å². The summed E-state index contributed by atoms with van der Waals surface area (Å²) < 4.78 is 0. The molecule has 0 bridgehead atoms. The van der Waals surface area contributed by atoms with Crippen LogP contribution in [-0.2, 0) is 4.79 Å². The molecule has 0 radical (unpaired) electrons. The first-order valence-electron chi connectivity index (χ1n) is 6.43. The lowest BCUT2D eigenvalue weighted by Crippen LogP contribution is -2.53. The third-order valence-electron chi connectivity index (χ3n) is 3.40. The highest BCUT2D eigenvalue weighted by Crippen LogP contribution is 2.34. The molecule has 0 atom stereocenters. The van der Waals surface area contributed by atoms with Crippen molar-refractivity contribution < 1.29 is 4.79 Å². The van der Waals surface area contributed by atoms with Gasteiger partial charge in [0, 0.05) is 24.0 Å². The van der Waals surface area contributed by atoms with Crippen molar-refractivity contribution in [3.63, 3.8) is 0 Å². The molecule has 0 saturated heterocycles. The second-order valence-corrected chi connectivity index (χ2v) is 5.96. The van der Waals surface area contributed by atoms with Crippen molar-refractivity contribution in [2.45, 2.75) is 70.9 Å². The van der Waals surface area contributed by atoms with E-state index in [-0.39, 0.29) is 17.0 Å². The van der Waals surface area contributed by atoms with E-state index in [1.165, 1.54) is 6.42 Å². The fraction of sp³-hybridized carbons (Fsp3) is 0.923. The number of hydrogen-bond acceptors (Lipinski definition) is 2. The first-order chi connectivity index (χ1) is 7.37. The summed E-state index contributed by atoms with van der Waals surface area (Å²) >= 11 is 0. The molecular weight excluding hydrogens is 200 g/mol. The number of rotatable bonds is 5. The van der Waals surface area contributed by atoms with Gasteiger partial charge >= 0.3 is 0 Å². The molecule has 1 amide bonds. The highest BCUT2D eigenvalue weighted by Gasteiger charge is 2.36. The molecule has 0 aromatic heterocycles. The standard InChI is InChI=1S/C13H26N2O/c1-5-13(8-6-9-13)15-11(16)7-10-14-12(2,3)4/h14H,5-10H2,1-4H3,(H,15,16). The summed E-state index contributed by atoms with van der Waals surface area (Å²) in [6.45, 7) is 9.26. The lowest BCUT2D eigenvalue weighted by molar-refractivity contribution is -0.124. The molecule has 94 valence electrons. The summed E-state index contributed by atoms with van der Waals surface area (Å²) in [6, 6.07) is 0. The maximum atomic E-state index is 11.7. The van der Waals surface area contributed by atoms with Gasteiger partial charge in [-0.2, -0.15) is 0 Å². The largest absolute Gasteiger partial charge is 0.351 e. The molecule has 0 heterocycles. The van der Waals surface area contributed by atoms with Crippen LogP contribution >= 0.6 is 0 Å². The lowest BCUT2D eigenvalue weighted by Gasteiger charge is -2.42. The van der Waals surface area contributed by atoms with Crippen molar-refractivity contribution in [2.75, 3.05) is 6.54 Å². The smallest absolute Gasteiger partial charge is 0.221 e. The van der Waals surface area contributed by atoms with Gasteiger partial charge in [0.25, 0.3) is 0 Å². The Hall–Kier alpha value is -0.570. The summed E-state index contributed by atoms with van der Waals surface area (Å²) in [6.07, 6.45) is 5.21. The van der Waals surface area contributed by atoms with Gasteiger partial charge in [-0.1, -0.05) is 6.92 Å². The van der Waals surface area contributed by atoms with Gasteiger partial charge in [-0.05, 0) is 46.5 Å². The van der Waals surface area contributed by atoms with Gasteiger partial charge < -0.3 is 10.6 Å². The topological polar surface area (TPSA) is 41.1 Å². The quantitative estimate of drug-likeness (QED) is 0.754. The van der Waals surface area contributed by atoms with Crippen LogP contribution < -0.4 is 10.6 Å². The third kappa shape index (κ3) is 4.12. The Morgan fingerprint density at radius 2 is 1.94 bits per heavy atom. The molecule has 3 nitrogen and oxygen atoms in total. The van der Waals surface area contributed by atoms with Crippen molar-refractivity contribution in [3.05, 3.63) is 0 Å². The van der Waals surface area contributed by atoms with Gasteiger partial charge in [-0.3, -0.25) is 4.79 Å². The molecule has 1 aliphatic carbocycles. The van der Waals surface area contributed by atoms with Crippen LogP contribution in [0.15, 0.2) is 0 Å². The minimum Gasteiger partial charge on any atom is -0.351 e. The third-order valence-corrected chi connectivity index (χ3v) is 3.40. The van der Waals surface area contributed by atoms with Gasteiger partial charge in [-0.15, -0.1) is 0 Å². The van der Waals surface area contributed by atoms with Crippen LogP contribution in [0.1, 0.15) is 59.8 Å². The predicted molar refractivity (Wildman–Crippen MR) is 67.4 cm³/mol. The second kappa shape index (κ2) is 5.17. The minimum atomic E-state index is 0.0964. The average Bonchev–Trinajstić information content (AvgIpc) is 2.09. The minimum absolute atomic E-state index is 0.0964. The molecule has 16 heavy (non-hydrogen) atoms. The molecule has 1 aliphatic rings. The molecule has 0 aromatic rings. The molecule has 0 unspecified atom stereocenters. The Balaban J connectivity index is 2.21. The molecule has 0 aliphatic heterocycles. The zero-order valence-electron chi connectivity index (χ0n) is 11.2. The van der Waals surface area contributed by atoms with E-state index in [2.05, 4.69) is 38.3 Å². The Labute approximate surface area is 99.4 Å². The van der Waals surface area contributed by atoms with E-state index in [0.717, 1.165) is 25.8 Å². The van der Waals surface area contributed by atoms with Crippen LogP contribution in [0.4, 0.5) is 0 Å². The van der Waals surface area contributed by atoms with E-state index in [1.807, 2.05) is 0 Å². The van der Waals surface area contributed by atoms with Crippen LogP contribution in [0.5, 0.6) is 0 Å². The fourth-order valence-corrected chi connectivity index (χ4v) is 2.08. The van der Waals surface area contributed by atoms with Crippen molar-refractivity contribution in [3.8, 4) is 0 Å². The number of nitrogens with one attached hydrogen (secondary N) is 2. The number of amides is 1. The molecule has 1 fully saturated rings. The summed E-state index contributed by atoms with van der Waals surface area (Å²) in [7, 11) is 0. The van der Waals surface area contributed by atoms with Crippen LogP contribution in [-0.4, -0.2) is 23.5 Å². The Kier molecular flexibility index (Phi) is 4.36.